The van der Waals surface area contributed by atoms with E-state index in [2.05, 4.69) is 22.3 Å². The van der Waals surface area contributed by atoms with Crippen molar-refractivity contribution in [3.05, 3.63) is 24.3 Å². The fraction of sp³-hybridized carbons (Fsp3) is 0.556. The van der Waals surface area contributed by atoms with Crippen LogP contribution in [0.2, 0.25) is 0 Å². The Hall–Kier alpha value is -2.04. The van der Waals surface area contributed by atoms with Crippen LogP contribution >= 0.6 is 0 Å². The third kappa shape index (κ3) is 4.71. The van der Waals surface area contributed by atoms with Crippen molar-refractivity contribution in [3.8, 4) is 0 Å². The normalized spacial score (nSPS) is 16.0. The molecule has 1 aromatic carbocycles. The predicted octanol–water partition coefficient (Wildman–Crippen LogP) is 4.30. The number of amides is 1. The van der Waals surface area contributed by atoms with Gasteiger partial charge < -0.3 is 9.64 Å². The van der Waals surface area contributed by atoms with Crippen LogP contribution in [0.5, 0.6) is 0 Å². The molecule has 1 aliphatic rings. The lowest BCUT2D eigenvalue weighted by molar-refractivity contribution is 0.168. The lowest BCUT2D eigenvalue weighted by Gasteiger charge is -2.30. The minimum Gasteiger partial charge on any atom is -0.450 e. The van der Waals surface area contributed by atoms with Gasteiger partial charge in [0.1, 0.15) is 5.84 Å². The van der Waals surface area contributed by atoms with E-state index in [9.17, 15) is 4.79 Å². The average molecular weight is 317 g/mol. The zero-order chi connectivity index (χ0) is 16.7. The van der Waals surface area contributed by atoms with Gasteiger partial charge in [-0.1, -0.05) is 19.3 Å². The summed E-state index contributed by atoms with van der Waals surface area (Å²) in [5.74, 6) is 1.70. The molecule has 1 saturated carbocycles. The van der Waals surface area contributed by atoms with Crippen LogP contribution in [-0.2, 0) is 4.74 Å². The first-order valence-corrected chi connectivity index (χ1v) is 8.40. The first kappa shape index (κ1) is 17.3. The number of rotatable bonds is 4. The number of benzene rings is 1. The van der Waals surface area contributed by atoms with E-state index < -0.39 is 6.09 Å². The van der Waals surface area contributed by atoms with Crippen LogP contribution in [0.1, 0.15) is 39.0 Å². The molecule has 1 fully saturated rings. The SMILES string of the molecule is CCOC(=O)Nc1ccc(N(C)C(=NC)C2CCCCC2)cc1. The number of nitrogens with one attached hydrogen (secondary N) is 1. The molecule has 1 aliphatic carbocycles. The fourth-order valence-corrected chi connectivity index (χ4v) is 3.15. The third-order valence-electron chi connectivity index (χ3n) is 4.32. The maximum atomic E-state index is 11.4. The summed E-state index contributed by atoms with van der Waals surface area (Å²) in [5.41, 5.74) is 1.80. The highest BCUT2D eigenvalue weighted by atomic mass is 16.5. The van der Waals surface area contributed by atoms with Gasteiger partial charge in [0.2, 0.25) is 0 Å². The Morgan fingerprint density at radius 2 is 1.91 bits per heavy atom. The number of hydrogen-bond donors (Lipinski definition) is 1. The van der Waals surface area contributed by atoms with E-state index in [1.165, 1.54) is 32.1 Å². The van der Waals surface area contributed by atoms with Crippen molar-refractivity contribution in [2.75, 3.05) is 30.9 Å². The molecule has 0 radical (unpaired) electrons. The molecular weight excluding hydrogens is 290 g/mol. The number of anilines is 2. The molecule has 2 rings (SSSR count). The van der Waals surface area contributed by atoms with Crippen LogP contribution in [0.25, 0.3) is 0 Å². The number of hydrogen-bond acceptors (Lipinski definition) is 3. The van der Waals surface area contributed by atoms with Crippen LogP contribution in [0.3, 0.4) is 0 Å². The van der Waals surface area contributed by atoms with Crippen LogP contribution < -0.4 is 10.2 Å². The molecule has 1 amide bonds. The van der Waals surface area contributed by atoms with Crippen molar-refractivity contribution in [2.24, 2.45) is 10.9 Å². The summed E-state index contributed by atoms with van der Waals surface area (Å²) in [6, 6.07) is 7.76. The van der Waals surface area contributed by atoms with Gasteiger partial charge in [-0.2, -0.15) is 0 Å². The third-order valence-corrected chi connectivity index (χ3v) is 4.32. The largest absolute Gasteiger partial charge is 0.450 e. The molecule has 1 N–H and O–H groups in total. The molecule has 0 heterocycles. The number of aliphatic imine (C=N–C) groups is 1. The first-order chi connectivity index (χ1) is 11.2. The molecule has 0 unspecified atom stereocenters. The Morgan fingerprint density at radius 1 is 1.26 bits per heavy atom. The number of nitrogens with zero attached hydrogens (tertiary/aromatic N) is 2. The van der Waals surface area contributed by atoms with Gasteiger partial charge in [-0.25, -0.2) is 4.79 Å². The summed E-state index contributed by atoms with van der Waals surface area (Å²) < 4.78 is 4.88. The van der Waals surface area contributed by atoms with E-state index in [0.717, 1.165) is 17.2 Å². The molecular formula is C18H27N3O2. The highest BCUT2D eigenvalue weighted by Gasteiger charge is 2.22. The van der Waals surface area contributed by atoms with Crippen molar-refractivity contribution in [3.63, 3.8) is 0 Å². The number of carbonyl (C=O) groups excluding carboxylic acids is 1. The van der Waals surface area contributed by atoms with Gasteiger partial charge >= 0.3 is 6.09 Å². The number of ether oxygens (including phenoxy) is 1. The van der Waals surface area contributed by atoms with Crippen molar-refractivity contribution in [1.82, 2.24) is 0 Å². The summed E-state index contributed by atoms with van der Waals surface area (Å²) in [6.45, 7) is 2.15. The summed E-state index contributed by atoms with van der Waals surface area (Å²) in [7, 11) is 3.93. The van der Waals surface area contributed by atoms with Gasteiger partial charge in [0.25, 0.3) is 0 Å². The van der Waals surface area contributed by atoms with Gasteiger partial charge in [0.15, 0.2) is 0 Å². The fourth-order valence-electron chi connectivity index (χ4n) is 3.15. The van der Waals surface area contributed by atoms with E-state index in [0.29, 0.717) is 12.5 Å². The molecule has 23 heavy (non-hydrogen) atoms. The molecule has 126 valence electrons. The second kappa shape index (κ2) is 8.56. The molecule has 0 atom stereocenters. The standard InChI is InChI=1S/C18H27N3O2/c1-4-23-18(22)20-15-10-12-16(13-11-15)21(3)17(19-2)14-8-6-5-7-9-14/h10-14H,4-9H2,1-3H3,(H,20,22). The van der Waals surface area contributed by atoms with Crippen LogP contribution in [0.4, 0.5) is 16.2 Å². The predicted molar refractivity (Wildman–Crippen MR) is 95.4 cm³/mol. The maximum Gasteiger partial charge on any atom is 0.411 e. The number of carbonyl (C=O) groups is 1. The highest BCUT2D eigenvalue weighted by molar-refractivity contribution is 5.99. The van der Waals surface area contributed by atoms with Crippen LogP contribution in [-0.4, -0.2) is 32.6 Å². The van der Waals surface area contributed by atoms with Gasteiger partial charge in [-0.05, 0) is 44.0 Å². The molecule has 0 aliphatic heterocycles. The Balaban J connectivity index is 2.03. The second-order valence-corrected chi connectivity index (χ2v) is 5.87. The van der Waals surface area contributed by atoms with Crippen molar-refractivity contribution in [2.45, 2.75) is 39.0 Å². The van der Waals surface area contributed by atoms with Gasteiger partial charge in [0.05, 0.1) is 6.61 Å². The van der Waals surface area contributed by atoms with E-state index in [1.807, 2.05) is 31.3 Å². The minimum atomic E-state index is -0.424. The van der Waals surface area contributed by atoms with Crippen molar-refractivity contribution in [1.29, 1.82) is 0 Å². The smallest absolute Gasteiger partial charge is 0.411 e. The first-order valence-electron chi connectivity index (χ1n) is 8.40. The topological polar surface area (TPSA) is 53.9 Å². The van der Waals surface area contributed by atoms with Gasteiger partial charge in [-0.15, -0.1) is 0 Å². The minimum absolute atomic E-state index is 0.365. The quantitative estimate of drug-likeness (QED) is 0.665. The summed E-state index contributed by atoms with van der Waals surface area (Å²) in [6.07, 6.45) is 5.94. The molecule has 0 aromatic heterocycles. The van der Waals surface area contributed by atoms with E-state index >= 15 is 0 Å². The van der Waals surface area contributed by atoms with Gasteiger partial charge in [0, 0.05) is 31.4 Å². The monoisotopic (exact) mass is 317 g/mol. The lowest BCUT2D eigenvalue weighted by atomic mass is 9.88. The summed E-state index contributed by atoms with van der Waals surface area (Å²) in [5, 5.41) is 2.71. The van der Waals surface area contributed by atoms with Crippen molar-refractivity contribution < 1.29 is 9.53 Å². The Labute approximate surface area is 138 Å². The van der Waals surface area contributed by atoms with E-state index in [1.54, 1.807) is 6.92 Å². The Kier molecular flexibility index (Phi) is 6.44. The molecule has 0 bridgehead atoms. The molecule has 5 nitrogen and oxygen atoms in total. The summed E-state index contributed by atoms with van der Waals surface area (Å²) in [4.78, 5) is 18.1. The highest BCUT2D eigenvalue weighted by Crippen LogP contribution is 2.28. The zero-order valence-corrected chi connectivity index (χ0v) is 14.3. The van der Waals surface area contributed by atoms with Crippen molar-refractivity contribution >= 4 is 23.3 Å². The van der Waals surface area contributed by atoms with Gasteiger partial charge in [-0.3, -0.25) is 10.3 Å². The van der Waals surface area contributed by atoms with Crippen LogP contribution in [0.15, 0.2) is 29.3 Å². The van der Waals surface area contributed by atoms with Crippen LogP contribution in [0, 0.1) is 5.92 Å². The second-order valence-electron chi connectivity index (χ2n) is 5.87. The van der Waals surface area contributed by atoms with E-state index in [-0.39, 0.29) is 0 Å². The maximum absolute atomic E-state index is 11.4. The molecule has 0 saturated heterocycles. The zero-order valence-electron chi connectivity index (χ0n) is 14.3. The molecule has 5 heteroatoms. The molecule has 1 aromatic rings. The average Bonchev–Trinajstić information content (AvgIpc) is 2.57. The van der Waals surface area contributed by atoms with E-state index in [4.69, 9.17) is 4.74 Å². The number of amidine groups is 1. The molecule has 0 spiro atoms. The Morgan fingerprint density at radius 3 is 2.48 bits per heavy atom. The lowest BCUT2D eigenvalue weighted by Crippen LogP contribution is -2.34. The summed E-state index contributed by atoms with van der Waals surface area (Å²) >= 11 is 0. The Bertz CT molecular complexity index is 534.